The number of allylic oxidation sites excluding steroid dienone is 1. The topological polar surface area (TPSA) is 0 Å². The van der Waals surface area contributed by atoms with Gasteiger partial charge in [0.05, 0.1) is 0 Å². The lowest BCUT2D eigenvalue weighted by Crippen LogP contribution is -2.04. The van der Waals surface area contributed by atoms with Crippen molar-refractivity contribution in [3.63, 3.8) is 0 Å². The monoisotopic (exact) mass is 168 g/mol. The summed E-state index contributed by atoms with van der Waals surface area (Å²) in [6.07, 6.45) is 5.05. The maximum absolute atomic E-state index is 4.07. The van der Waals surface area contributed by atoms with Gasteiger partial charge in [-0.05, 0) is 31.1 Å². The molecule has 0 fully saturated rings. The summed E-state index contributed by atoms with van der Waals surface area (Å²) < 4.78 is 0. The molecule has 1 unspecified atom stereocenters. The molecule has 0 heteroatoms. The summed E-state index contributed by atoms with van der Waals surface area (Å²) in [5.41, 5.74) is 1.42. The van der Waals surface area contributed by atoms with Crippen molar-refractivity contribution in [2.24, 2.45) is 11.8 Å². The Hall–Kier alpha value is -0.260. The van der Waals surface area contributed by atoms with Crippen LogP contribution in [0.25, 0.3) is 0 Å². The predicted molar refractivity (Wildman–Crippen MR) is 57.3 cm³/mol. The highest BCUT2D eigenvalue weighted by Crippen LogP contribution is 2.23. The lowest BCUT2D eigenvalue weighted by atomic mass is 9.89. The Morgan fingerprint density at radius 1 is 1.25 bits per heavy atom. The van der Waals surface area contributed by atoms with Crippen molar-refractivity contribution in [1.82, 2.24) is 0 Å². The third-order valence-electron chi connectivity index (χ3n) is 2.46. The molecular formula is C12H24. The van der Waals surface area contributed by atoms with Gasteiger partial charge in [0, 0.05) is 0 Å². The summed E-state index contributed by atoms with van der Waals surface area (Å²) in [5, 5.41) is 0. The third kappa shape index (κ3) is 5.40. The zero-order valence-electron chi connectivity index (χ0n) is 9.19. The summed E-state index contributed by atoms with van der Waals surface area (Å²) in [5.74, 6) is 1.71. The van der Waals surface area contributed by atoms with Gasteiger partial charge >= 0.3 is 0 Å². The summed E-state index contributed by atoms with van der Waals surface area (Å²) in [6, 6.07) is 0. The highest BCUT2D eigenvalue weighted by molar-refractivity contribution is 4.94. The maximum Gasteiger partial charge on any atom is -0.0295 e. The summed E-state index contributed by atoms with van der Waals surface area (Å²) in [6.45, 7) is 13.2. The van der Waals surface area contributed by atoms with Crippen LogP contribution in [0.4, 0.5) is 0 Å². The Kier molecular flexibility index (Phi) is 6.14. The first-order valence-corrected chi connectivity index (χ1v) is 5.26. The molecule has 0 saturated carbocycles. The summed E-state index contributed by atoms with van der Waals surface area (Å²) in [4.78, 5) is 0. The number of hydrogen-bond acceptors (Lipinski definition) is 0. The molecule has 0 aliphatic rings. The van der Waals surface area contributed by atoms with E-state index in [0.717, 1.165) is 18.3 Å². The van der Waals surface area contributed by atoms with Crippen molar-refractivity contribution < 1.29 is 0 Å². The van der Waals surface area contributed by atoms with E-state index in [1.54, 1.807) is 0 Å². The average Bonchev–Trinajstić information content (AvgIpc) is 2.02. The van der Waals surface area contributed by atoms with Crippen LogP contribution in [0.5, 0.6) is 0 Å². The van der Waals surface area contributed by atoms with Gasteiger partial charge in [-0.25, -0.2) is 0 Å². The van der Waals surface area contributed by atoms with Crippen molar-refractivity contribution in [2.45, 2.75) is 53.4 Å². The Balaban J connectivity index is 3.74. The molecule has 0 spiro atoms. The molecule has 0 aliphatic heterocycles. The molecule has 0 amide bonds. The zero-order chi connectivity index (χ0) is 9.56. The first-order valence-electron chi connectivity index (χ1n) is 5.26. The van der Waals surface area contributed by atoms with Gasteiger partial charge in [0.25, 0.3) is 0 Å². The first-order chi connectivity index (χ1) is 5.60. The second-order valence-electron chi connectivity index (χ2n) is 4.21. The number of rotatable bonds is 6. The highest BCUT2D eigenvalue weighted by atomic mass is 14.1. The molecule has 72 valence electrons. The second-order valence-corrected chi connectivity index (χ2v) is 4.21. The normalized spacial score (nSPS) is 13.4. The summed E-state index contributed by atoms with van der Waals surface area (Å²) >= 11 is 0. The van der Waals surface area contributed by atoms with E-state index in [1.807, 2.05) is 0 Å². The van der Waals surface area contributed by atoms with Crippen LogP contribution in [0.15, 0.2) is 12.2 Å². The molecule has 0 bridgehead atoms. The van der Waals surface area contributed by atoms with E-state index in [9.17, 15) is 0 Å². The standard InChI is InChI=1S/C12H24/c1-6-11(5)9-12(7-2)8-10(3)4/h10,12H,5-9H2,1-4H3. The van der Waals surface area contributed by atoms with E-state index in [2.05, 4.69) is 34.3 Å². The van der Waals surface area contributed by atoms with Crippen molar-refractivity contribution in [1.29, 1.82) is 0 Å². The fraction of sp³-hybridized carbons (Fsp3) is 0.833. The molecule has 0 aromatic rings. The van der Waals surface area contributed by atoms with Crippen LogP contribution < -0.4 is 0 Å². The van der Waals surface area contributed by atoms with Gasteiger partial charge in [0.15, 0.2) is 0 Å². The first kappa shape index (κ1) is 11.7. The molecule has 0 aromatic carbocycles. The molecule has 0 N–H and O–H groups in total. The van der Waals surface area contributed by atoms with E-state index in [1.165, 1.54) is 24.8 Å². The molecule has 0 saturated heterocycles. The predicted octanol–water partition coefficient (Wildman–Crippen LogP) is 4.42. The molecule has 12 heavy (non-hydrogen) atoms. The minimum Gasteiger partial charge on any atom is -0.0999 e. The minimum absolute atomic E-state index is 0.833. The molecule has 0 aromatic heterocycles. The van der Waals surface area contributed by atoms with E-state index in [0.29, 0.717) is 0 Å². The molecular weight excluding hydrogens is 144 g/mol. The molecule has 0 aliphatic carbocycles. The van der Waals surface area contributed by atoms with Crippen LogP contribution >= 0.6 is 0 Å². The Labute approximate surface area is 78.1 Å². The molecule has 0 radical (unpaired) electrons. The van der Waals surface area contributed by atoms with Gasteiger partial charge < -0.3 is 0 Å². The largest absolute Gasteiger partial charge is 0.0999 e. The molecule has 1 atom stereocenters. The van der Waals surface area contributed by atoms with Gasteiger partial charge in [0.2, 0.25) is 0 Å². The van der Waals surface area contributed by atoms with Crippen LogP contribution in [0.3, 0.4) is 0 Å². The lowest BCUT2D eigenvalue weighted by molar-refractivity contribution is 0.394. The van der Waals surface area contributed by atoms with Crippen LogP contribution in [0.1, 0.15) is 53.4 Å². The fourth-order valence-corrected chi connectivity index (χ4v) is 1.61. The minimum atomic E-state index is 0.833. The number of hydrogen-bond donors (Lipinski definition) is 0. The average molecular weight is 168 g/mol. The lowest BCUT2D eigenvalue weighted by Gasteiger charge is -2.17. The van der Waals surface area contributed by atoms with E-state index in [4.69, 9.17) is 0 Å². The molecule has 0 heterocycles. The van der Waals surface area contributed by atoms with Crippen LogP contribution in [0.2, 0.25) is 0 Å². The third-order valence-corrected chi connectivity index (χ3v) is 2.46. The highest BCUT2D eigenvalue weighted by Gasteiger charge is 2.09. The SMILES string of the molecule is C=C(CC)CC(CC)CC(C)C. The Morgan fingerprint density at radius 3 is 2.17 bits per heavy atom. The van der Waals surface area contributed by atoms with E-state index < -0.39 is 0 Å². The van der Waals surface area contributed by atoms with Crippen molar-refractivity contribution >= 4 is 0 Å². The van der Waals surface area contributed by atoms with Crippen molar-refractivity contribution in [3.05, 3.63) is 12.2 Å². The second kappa shape index (κ2) is 6.28. The van der Waals surface area contributed by atoms with Gasteiger partial charge in [-0.3, -0.25) is 0 Å². The Bertz CT molecular complexity index is 122. The summed E-state index contributed by atoms with van der Waals surface area (Å²) in [7, 11) is 0. The van der Waals surface area contributed by atoms with Crippen molar-refractivity contribution in [3.8, 4) is 0 Å². The molecule has 0 nitrogen and oxygen atoms in total. The fourth-order valence-electron chi connectivity index (χ4n) is 1.61. The maximum atomic E-state index is 4.07. The van der Waals surface area contributed by atoms with Gasteiger partial charge in [-0.1, -0.05) is 46.3 Å². The van der Waals surface area contributed by atoms with Gasteiger partial charge in [-0.15, -0.1) is 0 Å². The van der Waals surface area contributed by atoms with E-state index in [-0.39, 0.29) is 0 Å². The van der Waals surface area contributed by atoms with Crippen LogP contribution in [0, 0.1) is 11.8 Å². The smallest absolute Gasteiger partial charge is 0.0295 e. The van der Waals surface area contributed by atoms with Crippen LogP contribution in [-0.4, -0.2) is 0 Å². The van der Waals surface area contributed by atoms with Gasteiger partial charge in [0.1, 0.15) is 0 Å². The zero-order valence-corrected chi connectivity index (χ0v) is 9.19. The molecule has 0 rings (SSSR count). The van der Waals surface area contributed by atoms with E-state index >= 15 is 0 Å². The van der Waals surface area contributed by atoms with Gasteiger partial charge in [-0.2, -0.15) is 0 Å². The Morgan fingerprint density at radius 2 is 1.83 bits per heavy atom. The van der Waals surface area contributed by atoms with Crippen LogP contribution in [-0.2, 0) is 0 Å². The quantitative estimate of drug-likeness (QED) is 0.515. The van der Waals surface area contributed by atoms with Crippen molar-refractivity contribution in [2.75, 3.05) is 0 Å².